The molecule has 710 valence electrons. The third kappa shape index (κ3) is 27.1. The van der Waals surface area contributed by atoms with Crippen LogP contribution in [-0.2, 0) is 59.1 Å². The van der Waals surface area contributed by atoms with Gasteiger partial charge in [-0.2, -0.15) is 15.8 Å². The molecule has 25 nitrogen and oxygen atoms in total. The summed E-state index contributed by atoms with van der Waals surface area (Å²) < 4.78 is 125. The van der Waals surface area contributed by atoms with Crippen LogP contribution in [0.15, 0.2) is 258 Å². The lowest BCUT2D eigenvalue weighted by Gasteiger charge is -2.19. The average molecular weight is 2110 g/mol. The molecule has 15 rings (SSSR count). The number of hydrogen-bond acceptors (Lipinski definition) is 21. The highest BCUT2D eigenvalue weighted by Crippen LogP contribution is 2.38. The summed E-state index contributed by atoms with van der Waals surface area (Å²) in [6.45, 7) is 0. The molecule has 15 aromatic rings. The van der Waals surface area contributed by atoms with E-state index in [2.05, 4.69) is 72.5 Å². The molecule has 0 bridgehead atoms. The number of hydrogen-bond donors (Lipinski definition) is 7. The van der Waals surface area contributed by atoms with Crippen LogP contribution in [-0.4, -0.2) is 135 Å². The second-order valence-electron chi connectivity index (χ2n) is 29.5. The van der Waals surface area contributed by atoms with E-state index < -0.39 is 147 Å². The first kappa shape index (κ1) is 107. The van der Waals surface area contributed by atoms with Crippen molar-refractivity contribution in [3.8, 4) is 40.5 Å². The van der Waals surface area contributed by atoms with Crippen LogP contribution in [0.1, 0.15) is 80.4 Å². The fourth-order valence-corrected chi connectivity index (χ4v) is 15.9. The normalized spacial score (nSPS) is 11.4. The molecular weight excluding hydrogens is 2040 g/mol. The first-order valence-corrected chi connectivity index (χ1v) is 43.9. The number of carboxylic acid groups (broad SMARTS) is 1. The lowest BCUT2D eigenvalue weighted by atomic mass is 9.80. The molecule has 4 heterocycles. The van der Waals surface area contributed by atoms with Crippen LogP contribution in [0, 0.1) is 80.5 Å². The number of carbonyl (C=O) groups is 8. The van der Waals surface area contributed by atoms with Crippen molar-refractivity contribution in [1.82, 2.24) is 35.9 Å². The van der Waals surface area contributed by atoms with Crippen LogP contribution < -0.4 is 27.1 Å². The fourth-order valence-electron chi connectivity index (χ4n) is 13.9. The second-order valence-corrected chi connectivity index (χ2v) is 32.7. The van der Waals surface area contributed by atoms with E-state index in [-0.39, 0.29) is 29.7 Å². The number of aromatic nitrogens is 4. The summed E-state index contributed by atoms with van der Waals surface area (Å²) >= 11 is 30.2. The zero-order chi connectivity index (χ0) is 102. The Labute approximate surface area is 828 Å². The number of carboxylic acids is 1. The third-order valence-corrected chi connectivity index (χ3v) is 23.1. The van der Waals surface area contributed by atoms with Gasteiger partial charge in [-0.15, -0.1) is 0 Å². The van der Waals surface area contributed by atoms with Crippen LogP contribution in [0.2, 0.25) is 15.1 Å². The Balaban J connectivity index is 0.000000181. The lowest BCUT2D eigenvalue weighted by Crippen LogP contribution is -2.43. The first-order chi connectivity index (χ1) is 66.9. The summed E-state index contributed by atoms with van der Waals surface area (Å²) in [5, 5.41) is 63.7. The molecule has 0 spiro atoms. The molecule has 140 heavy (non-hydrogen) atoms. The number of halogens is 14. The van der Waals surface area contributed by atoms with Gasteiger partial charge in [0.2, 0.25) is 0 Å². The number of pyridine rings is 4. The highest BCUT2D eigenvalue weighted by molar-refractivity contribution is 9.11. The van der Waals surface area contributed by atoms with Crippen molar-refractivity contribution in [2.45, 2.75) is 49.9 Å². The topological polar surface area (TPSA) is 410 Å². The number of nitrogens with two attached hydrogens (primary N) is 1. The summed E-state index contributed by atoms with van der Waals surface area (Å²) in [5.41, 5.74) is 12.3. The Bertz CT molecular complexity index is 7340. The van der Waals surface area contributed by atoms with E-state index in [0.29, 0.717) is 93.9 Å². The molecule has 0 radical (unpaired) electrons. The number of amides is 3. The largest absolute Gasteiger partial charge is 0.489 e. The van der Waals surface area contributed by atoms with E-state index in [4.69, 9.17) is 87.4 Å². The van der Waals surface area contributed by atoms with Gasteiger partial charge in [-0.1, -0.05) is 138 Å². The van der Waals surface area contributed by atoms with E-state index >= 15 is 0 Å². The Morgan fingerprint density at radius 2 is 0.671 bits per heavy atom. The van der Waals surface area contributed by atoms with Gasteiger partial charge >= 0.3 is 31.0 Å². The molecule has 0 aliphatic heterocycles. The Morgan fingerprint density at radius 1 is 0.386 bits per heavy atom. The van der Waals surface area contributed by atoms with Gasteiger partial charge in [0.05, 0.1) is 78.3 Å². The number of aliphatic carboxylic acids is 1. The zero-order valence-electron chi connectivity index (χ0n) is 72.7. The van der Waals surface area contributed by atoms with E-state index in [9.17, 15) is 78.6 Å². The fraction of sp³-hybridized carbons (Fsp3) is 0.110. The number of ether oxygens (including phenoxy) is 3. The predicted molar refractivity (Wildman–Crippen MR) is 515 cm³/mol. The molecule has 3 amide bonds. The molecule has 0 unspecified atom stereocenters. The maximum atomic E-state index is 14.1. The Kier molecular flexibility index (Phi) is 38.5. The minimum Gasteiger partial charge on any atom is -0.480 e. The van der Waals surface area contributed by atoms with E-state index in [1.54, 1.807) is 122 Å². The molecule has 4 aromatic heterocycles. The van der Waals surface area contributed by atoms with E-state index in [0.717, 1.165) is 116 Å². The van der Waals surface area contributed by atoms with Gasteiger partial charge in [0.25, 0.3) is 23.0 Å². The molecular formula is C100H70BBr2Cl4F8N11O14. The maximum absolute atomic E-state index is 14.1. The summed E-state index contributed by atoms with van der Waals surface area (Å²) in [4.78, 5) is 113. The van der Waals surface area contributed by atoms with Crippen LogP contribution in [0.4, 0.5) is 35.1 Å². The van der Waals surface area contributed by atoms with Gasteiger partial charge < -0.3 is 51.0 Å². The lowest BCUT2D eigenvalue weighted by molar-refractivity contribution is -0.143. The smallest absolute Gasteiger partial charge is 0.480 e. The number of nitriles is 3. The van der Waals surface area contributed by atoms with Gasteiger partial charge in [-0.3, -0.25) is 43.9 Å². The summed E-state index contributed by atoms with van der Waals surface area (Å²) in [6, 6.07) is 56.4. The molecule has 0 fully saturated rings. The number of benzene rings is 11. The SMILES string of the molecule is COC(=O)[C@@H](N)Cc1ccc(Br)c2ncccc12.COC(=O)[C@H](Cc1ccc(-c2ccc(C#N)cc2Cl)c2ncccc12)NC(=O)c1c(F)cccc1F.COC(=O)[C@H](Cc1ccc(Br)c2ncccc12)NC(=O)c1c(F)cccc1F.N#Cc1ccc(-c2ccc(C[C@H](NC(=O)c3c(F)cccc3F)C(=O)O)c3cccnc23)c(Cl)c1.N#Cc1ccc(B(O)O)c(Cl)c1.O=C(Cl)c1c(F)cccc1F. The molecule has 0 aliphatic rings. The molecule has 8 N–H and O–H groups in total. The number of methoxy groups -OCH3 is 3. The summed E-state index contributed by atoms with van der Waals surface area (Å²) in [6.07, 6.45) is 6.84. The average Bonchev–Trinajstić information content (AvgIpc) is 0.773. The van der Waals surface area contributed by atoms with Crippen LogP contribution >= 0.6 is 78.3 Å². The van der Waals surface area contributed by atoms with Gasteiger partial charge in [0, 0.05) is 117 Å². The Hall–Kier alpha value is -15.0. The van der Waals surface area contributed by atoms with Gasteiger partial charge in [-0.25, -0.2) is 49.5 Å². The van der Waals surface area contributed by atoms with Crippen molar-refractivity contribution < 1.29 is 103 Å². The van der Waals surface area contributed by atoms with Gasteiger partial charge in [0.15, 0.2) is 0 Å². The van der Waals surface area contributed by atoms with Crippen LogP contribution in [0.3, 0.4) is 0 Å². The van der Waals surface area contributed by atoms with Crippen LogP contribution in [0.5, 0.6) is 0 Å². The van der Waals surface area contributed by atoms with Gasteiger partial charge in [0.1, 0.15) is 93.0 Å². The van der Waals surface area contributed by atoms with E-state index in [1.807, 2.05) is 48.5 Å². The van der Waals surface area contributed by atoms with Crippen molar-refractivity contribution >= 4 is 181 Å². The van der Waals surface area contributed by atoms with Crippen molar-refractivity contribution in [2.24, 2.45) is 5.73 Å². The van der Waals surface area contributed by atoms with Crippen molar-refractivity contribution in [3.05, 3.63) is 381 Å². The molecule has 0 saturated heterocycles. The van der Waals surface area contributed by atoms with Crippen molar-refractivity contribution in [3.63, 3.8) is 0 Å². The highest BCUT2D eigenvalue weighted by atomic mass is 79.9. The molecule has 4 atom stereocenters. The predicted octanol–water partition coefficient (Wildman–Crippen LogP) is 18.4. The summed E-state index contributed by atoms with van der Waals surface area (Å²) in [5.74, 6) is -14.8. The molecule has 0 saturated carbocycles. The van der Waals surface area contributed by atoms with E-state index in [1.165, 1.54) is 38.5 Å². The molecule has 40 heteroatoms. The quantitative estimate of drug-likeness (QED) is 0.0109. The zero-order valence-corrected chi connectivity index (χ0v) is 78.9. The first-order valence-electron chi connectivity index (χ1n) is 40.8. The van der Waals surface area contributed by atoms with Crippen molar-refractivity contribution in [2.75, 3.05) is 21.3 Å². The number of rotatable bonds is 22. The number of fused-ring (bicyclic) bond motifs is 4. The van der Waals surface area contributed by atoms with Crippen molar-refractivity contribution in [1.29, 1.82) is 15.8 Å². The third-order valence-electron chi connectivity index (χ3n) is 20.7. The molecule has 11 aromatic carbocycles. The highest BCUT2D eigenvalue weighted by Gasteiger charge is 2.32. The number of esters is 3. The number of nitrogens with one attached hydrogen (secondary N) is 3. The minimum absolute atomic E-state index is 0.0297. The van der Waals surface area contributed by atoms with Crippen LogP contribution in [0.25, 0.3) is 65.9 Å². The molecule has 0 aliphatic carbocycles. The van der Waals surface area contributed by atoms with Gasteiger partial charge in [-0.05, 0) is 193 Å². The standard InChI is InChI=1S/C27H18ClF2N3O3.C26H16ClF2N3O3.C20H15BrF2N2O3.C13H13BrN2O2.C7H5BClNO2.C7H3ClF2O/c1-36-27(35)23(33-26(34)24-21(29)5-2-6-22(24)30)13-16-8-10-19(25-17(16)4-3-11-32-25)18-9-7-15(14-31)12-20(18)28;27-19-11-14(13-30)6-8-17(19)18-9-7-15(16-3-2-10-31-24(16)18)12-22(26(34)35)32-25(33)23-20(28)4-1-5-21(23)29;1-28-20(27)16(25-19(26)17-14(22)5-2-6-15(17)23)10-11-7-8-13(21)18-12(11)4-3-9-24-18;1-18-13(17)11(15)7-8-4-5-10(14)12-9(8)3-2-6-16-12;9-7-3-5(4-10)1-2-6(7)8(11)12;8-7(11)6-4(9)2-1-3-5(6)10/h2-12,23H,13H2,1H3,(H,33,34);1-11,22H,12H2,(H,32,33)(H,34,35);2-9,16H,10H2,1H3,(H,25,26);2-6,11H,7,15H2,1H3;1-3,11-12H;1-3H/t23-;22-;16-;11-;;/m0000../s1. The Morgan fingerprint density at radius 3 is 0.971 bits per heavy atom. The maximum Gasteiger partial charge on any atom is 0.489 e. The number of nitrogens with zero attached hydrogens (tertiary/aromatic N) is 7. The number of carbonyl (C=O) groups excluding carboxylic acids is 7. The second kappa shape index (κ2) is 50.4. The minimum atomic E-state index is -1.59. The monoisotopic (exact) mass is 2110 g/mol. The summed E-state index contributed by atoms with van der Waals surface area (Å²) in [7, 11) is 2.07.